The summed E-state index contributed by atoms with van der Waals surface area (Å²) in [5.74, 6) is -0.616. The number of nitrogens with one attached hydrogen (secondary N) is 1. The molecule has 0 unspecified atom stereocenters. The number of nitrogens with zero attached hydrogens (tertiary/aromatic N) is 2. The van der Waals surface area contributed by atoms with Crippen molar-refractivity contribution in [3.63, 3.8) is 0 Å². The van der Waals surface area contributed by atoms with Crippen LogP contribution < -0.4 is 4.72 Å². The van der Waals surface area contributed by atoms with Gasteiger partial charge in [-0.2, -0.15) is 0 Å². The number of imidazole rings is 1. The second-order valence-corrected chi connectivity index (χ2v) is 7.29. The number of benzene rings is 1. The Morgan fingerprint density at radius 2 is 1.87 bits per heavy atom. The zero-order valence-corrected chi connectivity index (χ0v) is 13.5. The standard InChI is InChI=1S/C15H13ClFN3O2S/c16-12-3-6-15-19-14(9-20(15)8-12)7-18-23(21,22)10-11-1-4-13(17)5-2-11/h1-6,8-9,18H,7,10H2. The molecule has 1 N–H and O–H groups in total. The van der Waals surface area contributed by atoms with E-state index in [2.05, 4.69) is 9.71 Å². The molecule has 1 aromatic carbocycles. The third-order valence-corrected chi connectivity index (χ3v) is 4.73. The summed E-state index contributed by atoms with van der Waals surface area (Å²) < 4.78 is 41.2. The monoisotopic (exact) mass is 353 g/mol. The Morgan fingerprint density at radius 1 is 1.13 bits per heavy atom. The molecular formula is C15H13ClFN3O2S. The van der Waals surface area contributed by atoms with E-state index in [0.29, 0.717) is 21.9 Å². The van der Waals surface area contributed by atoms with E-state index >= 15 is 0 Å². The zero-order valence-electron chi connectivity index (χ0n) is 11.9. The minimum Gasteiger partial charge on any atom is -0.305 e. The number of halogens is 2. The van der Waals surface area contributed by atoms with Crippen LogP contribution in [0.5, 0.6) is 0 Å². The SMILES string of the molecule is O=S(=O)(Cc1ccc(F)cc1)NCc1cn2cc(Cl)ccc2n1. The van der Waals surface area contributed by atoms with E-state index in [-0.39, 0.29) is 12.3 Å². The van der Waals surface area contributed by atoms with Crippen LogP contribution >= 0.6 is 11.6 Å². The van der Waals surface area contributed by atoms with Crippen molar-refractivity contribution in [1.82, 2.24) is 14.1 Å². The molecule has 0 amide bonds. The van der Waals surface area contributed by atoms with Gasteiger partial charge in [-0.25, -0.2) is 22.5 Å². The molecule has 0 bridgehead atoms. The van der Waals surface area contributed by atoms with Crippen molar-refractivity contribution in [2.75, 3.05) is 0 Å². The highest BCUT2D eigenvalue weighted by atomic mass is 35.5. The fraction of sp³-hybridized carbons (Fsp3) is 0.133. The van der Waals surface area contributed by atoms with Crippen LogP contribution in [0.4, 0.5) is 4.39 Å². The Bertz CT molecular complexity index is 939. The fourth-order valence-electron chi connectivity index (χ4n) is 2.14. The van der Waals surface area contributed by atoms with E-state index in [4.69, 9.17) is 11.6 Å². The summed E-state index contributed by atoms with van der Waals surface area (Å²) in [6.45, 7) is 0.0722. The van der Waals surface area contributed by atoms with Crippen molar-refractivity contribution >= 4 is 27.3 Å². The van der Waals surface area contributed by atoms with Crippen molar-refractivity contribution < 1.29 is 12.8 Å². The van der Waals surface area contributed by atoms with Gasteiger partial charge in [0.25, 0.3) is 0 Å². The molecule has 0 fully saturated rings. The predicted octanol–water partition coefficient (Wildman–Crippen LogP) is 2.75. The van der Waals surface area contributed by atoms with Gasteiger partial charge in [-0.15, -0.1) is 0 Å². The van der Waals surface area contributed by atoms with Gasteiger partial charge in [-0.05, 0) is 29.8 Å². The van der Waals surface area contributed by atoms with Crippen LogP contribution in [-0.4, -0.2) is 17.8 Å². The van der Waals surface area contributed by atoms with Crippen LogP contribution in [0.25, 0.3) is 5.65 Å². The Balaban J connectivity index is 1.69. The van der Waals surface area contributed by atoms with Crippen LogP contribution in [0, 0.1) is 5.82 Å². The van der Waals surface area contributed by atoms with Crippen LogP contribution in [0.15, 0.2) is 48.8 Å². The van der Waals surface area contributed by atoms with Crippen LogP contribution in [-0.2, 0) is 22.3 Å². The van der Waals surface area contributed by atoms with E-state index in [1.165, 1.54) is 24.3 Å². The van der Waals surface area contributed by atoms with Gasteiger partial charge in [0.15, 0.2) is 0 Å². The Morgan fingerprint density at radius 3 is 2.61 bits per heavy atom. The lowest BCUT2D eigenvalue weighted by atomic mass is 10.2. The maximum absolute atomic E-state index is 12.8. The molecule has 2 aromatic heterocycles. The van der Waals surface area contributed by atoms with E-state index in [9.17, 15) is 12.8 Å². The molecule has 2 heterocycles. The fourth-order valence-corrected chi connectivity index (χ4v) is 3.41. The van der Waals surface area contributed by atoms with Gasteiger partial charge in [0.2, 0.25) is 10.0 Å². The van der Waals surface area contributed by atoms with Crippen LogP contribution in [0.2, 0.25) is 5.02 Å². The van der Waals surface area contributed by atoms with E-state index in [1.54, 1.807) is 28.9 Å². The molecule has 3 aromatic rings. The molecule has 0 aliphatic rings. The van der Waals surface area contributed by atoms with Gasteiger partial charge < -0.3 is 4.40 Å². The summed E-state index contributed by atoms with van der Waals surface area (Å²) in [5.41, 5.74) is 1.78. The Labute approximate surface area is 137 Å². The van der Waals surface area contributed by atoms with E-state index in [1.807, 2.05) is 0 Å². The third kappa shape index (κ3) is 4.07. The molecule has 0 aliphatic heterocycles. The summed E-state index contributed by atoms with van der Waals surface area (Å²) in [5, 5.41) is 0.568. The maximum Gasteiger partial charge on any atom is 0.216 e. The topological polar surface area (TPSA) is 63.5 Å². The first-order chi connectivity index (χ1) is 10.9. The van der Waals surface area contributed by atoms with Gasteiger partial charge in [0.1, 0.15) is 11.5 Å². The average molecular weight is 354 g/mol. The highest BCUT2D eigenvalue weighted by Gasteiger charge is 2.12. The number of rotatable bonds is 5. The highest BCUT2D eigenvalue weighted by molar-refractivity contribution is 7.88. The number of aromatic nitrogens is 2. The molecule has 0 spiro atoms. The summed E-state index contributed by atoms with van der Waals surface area (Å²) in [7, 11) is -3.54. The zero-order chi connectivity index (χ0) is 16.4. The number of pyridine rings is 1. The van der Waals surface area contributed by atoms with Crippen molar-refractivity contribution in [2.24, 2.45) is 0 Å². The van der Waals surface area contributed by atoms with Crippen molar-refractivity contribution in [1.29, 1.82) is 0 Å². The molecule has 0 radical (unpaired) electrons. The van der Waals surface area contributed by atoms with Crippen molar-refractivity contribution in [2.45, 2.75) is 12.3 Å². The van der Waals surface area contributed by atoms with Gasteiger partial charge in [-0.3, -0.25) is 0 Å². The normalized spacial score (nSPS) is 11.9. The quantitative estimate of drug-likeness (QED) is 0.767. The molecular weight excluding hydrogens is 341 g/mol. The lowest BCUT2D eigenvalue weighted by molar-refractivity contribution is 0.579. The molecule has 0 saturated heterocycles. The first-order valence-corrected chi connectivity index (χ1v) is 8.79. The molecule has 5 nitrogen and oxygen atoms in total. The lowest BCUT2D eigenvalue weighted by Crippen LogP contribution is -2.24. The third-order valence-electron chi connectivity index (χ3n) is 3.21. The summed E-state index contributed by atoms with van der Waals surface area (Å²) in [6, 6.07) is 8.82. The number of hydrogen-bond acceptors (Lipinski definition) is 3. The first kappa shape index (κ1) is 15.9. The first-order valence-electron chi connectivity index (χ1n) is 6.76. The molecule has 8 heteroatoms. The molecule has 23 heavy (non-hydrogen) atoms. The Kier molecular flexibility index (Phi) is 4.34. The smallest absolute Gasteiger partial charge is 0.216 e. The average Bonchev–Trinajstić information content (AvgIpc) is 2.89. The predicted molar refractivity (Wildman–Crippen MR) is 86.1 cm³/mol. The van der Waals surface area contributed by atoms with Gasteiger partial charge in [0.05, 0.1) is 23.0 Å². The number of sulfonamides is 1. The van der Waals surface area contributed by atoms with Crippen LogP contribution in [0.3, 0.4) is 0 Å². The molecule has 0 atom stereocenters. The van der Waals surface area contributed by atoms with Crippen molar-refractivity contribution in [3.8, 4) is 0 Å². The molecule has 3 rings (SSSR count). The second-order valence-electron chi connectivity index (χ2n) is 5.05. The van der Waals surface area contributed by atoms with Gasteiger partial charge >= 0.3 is 0 Å². The molecule has 120 valence electrons. The Hall–Kier alpha value is -1.96. The summed E-state index contributed by atoms with van der Waals surface area (Å²) >= 11 is 5.89. The van der Waals surface area contributed by atoms with Crippen molar-refractivity contribution in [3.05, 3.63) is 70.9 Å². The lowest BCUT2D eigenvalue weighted by Gasteiger charge is -2.05. The second kappa shape index (κ2) is 6.27. The van der Waals surface area contributed by atoms with E-state index in [0.717, 1.165) is 0 Å². The van der Waals surface area contributed by atoms with Crippen LogP contribution in [0.1, 0.15) is 11.3 Å². The van der Waals surface area contributed by atoms with Gasteiger partial charge in [0, 0.05) is 12.4 Å². The number of fused-ring (bicyclic) bond motifs is 1. The van der Waals surface area contributed by atoms with E-state index < -0.39 is 15.8 Å². The highest BCUT2D eigenvalue weighted by Crippen LogP contribution is 2.12. The minimum absolute atomic E-state index is 0.0722. The summed E-state index contributed by atoms with van der Waals surface area (Å²) in [4.78, 5) is 4.30. The molecule has 0 saturated carbocycles. The summed E-state index contributed by atoms with van der Waals surface area (Å²) in [6.07, 6.45) is 3.40. The number of hydrogen-bond donors (Lipinski definition) is 1. The maximum atomic E-state index is 12.8. The largest absolute Gasteiger partial charge is 0.305 e. The van der Waals surface area contributed by atoms with Gasteiger partial charge in [-0.1, -0.05) is 23.7 Å². The molecule has 0 aliphatic carbocycles. The minimum atomic E-state index is -3.54.